The summed E-state index contributed by atoms with van der Waals surface area (Å²) in [6, 6.07) is 13.9. The lowest BCUT2D eigenvalue weighted by atomic mass is 9.91. The second-order valence-electron chi connectivity index (χ2n) is 6.47. The first kappa shape index (κ1) is 20.4. The van der Waals surface area contributed by atoms with Gasteiger partial charge in [0.1, 0.15) is 0 Å². The monoisotopic (exact) mass is 392 g/mol. The number of hydrogen-bond acceptors (Lipinski definition) is 3. The molecule has 0 unspecified atom stereocenters. The highest BCUT2D eigenvalue weighted by atomic mass is 35.5. The van der Waals surface area contributed by atoms with Gasteiger partial charge in [-0.25, -0.2) is 0 Å². The molecular formula is C20H22Cl2N2O2. The van der Waals surface area contributed by atoms with Crippen LogP contribution < -0.4 is 11.1 Å². The van der Waals surface area contributed by atoms with Crippen molar-refractivity contribution in [1.29, 1.82) is 0 Å². The lowest BCUT2D eigenvalue weighted by Crippen LogP contribution is -2.40. The molecule has 1 amide bonds. The number of carbonyl (C=O) groups is 2. The van der Waals surface area contributed by atoms with Crippen molar-refractivity contribution in [1.82, 2.24) is 5.32 Å². The first-order valence-corrected chi connectivity index (χ1v) is 8.88. The van der Waals surface area contributed by atoms with E-state index in [-0.39, 0.29) is 36.2 Å². The van der Waals surface area contributed by atoms with Crippen molar-refractivity contribution in [3.63, 3.8) is 0 Å². The van der Waals surface area contributed by atoms with Crippen LogP contribution in [0.25, 0.3) is 0 Å². The first-order chi connectivity index (χ1) is 12.0. The minimum Gasteiger partial charge on any atom is -0.349 e. The second kappa shape index (κ2) is 9.17. The Kier molecular flexibility index (Phi) is 7.21. The Morgan fingerprint density at radius 3 is 2.12 bits per heavy atom. The molecule has 4 nitrogen and oxygen atoms in total. The van der Waals surface area contributed by atoms with Crippen LogP contribution in [0.5, 0.6) is 0 Å². The molecule has 0 bridgehead atoms. The standard InChI is InChI=1S/C20H21ClN2O2.ClH/c21-14-7-5-13(6-8-14)19(24)17-3-1-2-4-18(17)20(25)23-16-11-9-15(22)10-12-16;/h1-8,15-16H,9-12,22H2,(H,23,25);1H. The number of ketones is 1. The van der Waals surface area contributed by atoms with Crippen LogP contribution in [-0.4, -0.2) is 23.8 Å². The maximum Gasteiger partial charge on any atom is 0.252 e. The molecule has 138 valence electrons. The van der Waals surface area contributed by atoms with E-state index in [4.69, 9.17) is 17.3 Å². The Hall–Kier alpha value is -1.88. The van der Waals surface area contributed by atoms with E-state index in [1.165, 1.54) is 0 Å². The maximum absolute atomic E-state index is 12.8. The zero-order chi connectivity index (χ0) is 17.8. The van der Waals surface area contributed by atoms with Gasteiger partial charge in [-0.1, -0.05) is 29.8 Å². The molecule has 1 aliphatic carbocycles. The topological polar surface area (TPSA) is 72.2 Å². The number of carbonyl (C=O) groups excluding carboxylic acids is 2. The van der Waals surface area contributed by atoms with Crippen molar-refractivity contribution in [3.8, 4) is 0 Å². The molecular weight excluding hydrogens is 371 g/mol. The molecule has 0 saturated heterocycles. The van der Waals surface area contributed by atoms with Gasteiger partial charge in [0.15, 0.2) is 5.78 Å². The Bertz CT molecular complexity index is 770. The van der Waals surface area contributed by atoms with Crippen LogP contribution in [0.1, 0.15) is 52.0 Å². The Labute approximate surface area is 164 Å². The van der Waals surface area contributed by atoms with Gasteiger partial charge in [-0.3, -0.25) is 9.59 Å². The molecule has 1 saturated carbocycles. The average molecular weight is 393 g/mol. The first-order valence-electron chi connectivity index (χ1n) is 8.50. The minimum atomic E-state index is -0.210. The zero-order valence-corrected chi connectivity index (χ0v) is 15.9. The smallest absolute Gasteiger partial charge is 0.252 e. The molecule has 0 aliphatic heterocycles. The zero-order valence-electron chi connectivity index (χ0n) is 14.3. The highest BCUT2D eigenvalue weighted by molar-refractivity contribution is 6.30. The Morgan fingerprint density at radius 1 is 0.923 bits per heavy atom. The number of nitrogens with one attached hydrogen (secondary N) is 1. The molecule has 1 fully saturated rings. The molecule has 6 heteroatoms. The summed E-state index contributed by atoms with van der Waals surface area (Å²) in [4.78, 5) is 25.5. The number of benzene rings is 2. The molecule has 2 aromatic rings. The normalized spacial score (nSPS) is 19.3. The van der Waals surface area contributed by atoms with E-state index < -0.39 is 0 Å². The Balaban J connectivity index is 0.00000243. The van der Waals surface area contributed by atoms with Crippen LogP contribution in [0.4, 0.5) is 0 Å². The second-order valence-corrected chi connectivity index (χ2v) is 6.90. The largest absolute Gasteiger partial charge is 0.349 e. The lowest BCUT2D eigenvalue weighted by molar-refractivity contribution is 0.0916. The SMILES string of the molecule is Cl.NC1CCC(NC(=O)c2ccccc2C(=O)c2ccc(Cl)cc2)CC1. The van der Waals surface area contributed by atoms with Crippen molar-refractivity contribution in [2.75, 3.05) is 0 Å². The van der Waals surface area contributed by atoms with Gasteiger partial charge >= 0.3 is 0 Å². The maximum atomic E-state index is 12.8. The van der Waals surface area contributed by atoms with Crippen molar-refractivity contribution in [3.05, 3.63) is 70.2 Å². The van der Waals surface area contributed by atoms with Crippen LogP contribution in [0.15, 0.2) is 48.5 Å². The summed E-state index contributed by atoms with van der Waals surface area (Å²) in [5.41, 5.74) is 7.22. The molecule has 0 spiro atoms. The summed E-state index contributed by atoms with van der Waals surface area (Å²) < 4.78 is 0. The lowest BCUT2D eigenvalue weighted by Gasteiger charge is -2.27. The van der Waals surface area contributed by atoms with Crippen molar-refractivity contribution >= 4 is 35.7 Å². The fourth-order valence-corrected chi connectivity index (χ4v) is 3.29. The van der Waals surface area contributed by atoms with E-state index in [1.54, 1.807) is 48.5 Å². The van der Waals surface area contributed by atoms with Gasteiger partial charge in [-0.15, -0.1) is 12.4 Å². The van der Waals surface area contributed by atoms with Gasteiger partial charge in [0.2, 0.25) is 0 Å². The number of nitrogens with two attached hydrogens (primary N) is 1. The average Bonchev–Trinajstić information content (AvgIpc) is 2.63. The van der Waals surface area contributed by atoms with E-state index >= 15 is 0 Å². The van der Waals surface area contributed by atoms with E-state index in [9.17, 15) is 9.59 Å². The fourth-order valence-electron chi connectivity index (χ4n) is 3.16. The van der Waals surface area contributed by atoms with Crippen LogP contribution in [0.3, 0.4) is 0 Å². The quantitative estimate of drug-likeness (QED) is 0.772. The molecule has 1 aliphatic rings. The summed E-state index contributed by atoms with van der Waals surface area (Å²) in [5.74, 6) is -0.397. The van der Waals surface area contributed by atoms with Gasteiger partial charge in [0.05, 0.1) is 5.56 Å². The van der Waals surface area contributed by atoms with Crippen LogP contribution >= 0.6 is 24.0 Å². The number of rotatable bonds is 4. The van der Waals surface area contributed by atoms with E-state index in [2.05, 4.69) is 5.32 Å². The number of halogens is 2. The summed E-state index contributed by atoms with van der Waals surface area (Å²) in [6.07, 6.45) is 3.58. The highest BCUT2D eigenvalue weighted by Crippen LogP contribution is 2.20. The predicted octanol–water partition coefficient (Wildman–Crippen LogP) is 3.99. The molecule has 2 aromatic carbocycles. The van der Waals surface area contributed by atoms with Gasteiger partial charge < -0.3 is 11.1 Å². The number of hydrogen-bond donors (Lipinski definition) is 2. The van der Waals surface area contributed by atoms with E-state index in [1.807, 2.05) is 0 Å². The van der Waals surface area contributed by atoms with E-state index in [0.717, 1.165) is 25.7 Å². The summed E-state index contributed by atoms with van der Waals surface area (Å²) >= 11 is 5.88. The van der Waals surface area contributed by atoms with Crippen LogP contribution in [0.2, 0.25) is 5.02 Å². The van der Waals surface area contributed by atoms with Crippen molar-refractivity contribution in [2.45, 2.75) is 37.8 Å². The molecule has 26 heavy (non-hydrogen) atoms. The highest BCUT2D eigenvalue weighted by Gasteiger charge is 2.23. The van der Waals surface area contributed by atoms with E-state index in [0.29, 0.717) is 21.7 Å². The minimum absolute atomic E-state index is 0. The molecule has 3 N–H and O–H groups in total. The molecule has 0 atom stereocenters. The van der Waals surface area contributed by atoms with Gasteiger partial charge in [-0.05, 0) is 56.0 Å². The third-order valence-corrected chi connectivity index (χ3v) is 4.88. The van der Waals surface area contributed by atoms with Crippen LogP contribution in [0, 0.1) is 0 Å². The molecule has 0 heterocycles. The third kappa shape index (κ3) is 4.85. The molecule has 3 rings (SSSR count). The van der Waals surface area contributed by atoms with Gasteiger partial charge in [0.25, 0.3) is 5.91 Å². The number of amides is 1. The summed E-state index contributed by atoms with van der Waals surface area (Å²) in [5, 5.41) is 3.61. The molecule has 0 radical (unpaired) electrons. The van der Waals surface area contributed by atoms with Crippen LogP contribution in [-0.2, 0) is 0 Å². The summed E-state index contributed by atoms with van der Waals surface area (Å²) in [6.45, 7) is 0. The van der Waals surface area contributed by atoms with Gasteiger partial charge in [-0.2, -0.15) is 0 Å². The van der Waals surface area contributed by atoms with Gasteiger partial charge in [0, 0.05) is 28.2 Å². The van der Waals surface area contributed by atoms with Crippen molar-refractivity contribution in [2.24, 2.45) is 5.73 Å². The fraction of sp³-hybridized carbons (Fsp3) is 0.300. The van der Waals surface area contributed by atoms with Crippen molar-refractivity contribution < 1.29 is 9.59 Å². The predicted molar refractivity (Wildman–Crippen MR) is 106 cm³/mol. The Morgan fingerprint density at radius 2 is 1.50 bits per heavy atom. The summed E-state index contributed by atoms with van der Waals surface area (Å²) in [7, 11) is 0. The molecule has 0 aromatic heterocycles. The third-order valence-electron chi connectivity index (χ3n) is 4.63.